The average molecular weight is 449 g/mol. The number of esters is 2. The fraction of sp³-hybridized carbons (Fsp3) is 0.917. The molecule has 0 aliphatic heterocycles. The van der Waals surface area contributed by atoms with Gasteiger partial charge in [-0.25, -0.2) is 8.78 Å². The standard InChI is InChI=1S/C24H42F2O5/c1-4-5-16-24(25,26)20(17-27)14-12-19-13-15-22(31-18(2)28)21(19)10-8-6-7-9-11-23(29)30-3/h19-22,27H,4-17H2,1-3H3/t19-,20?,21?,22?/m0/s1. The Morgan fingerprint density at radius 2 is 1.81 bits per heavy atom. The van der Waals surface area contributed by atoms with Gasteiger partial charge >= 0.3 is 11.9 Å². The lowest BCUT2D eigenvalue weighted by atomic mass is 9.82. The second kappa shape index (κ2) is 14.8. The van der Waals surface area contributed by atoms with Gasteiger partial charge in [0.25, 0.3) is 5.92 Å². The van der Waals surface area contributed by atoms with Crippen LogP contribution in [0, 0.1) is 17.8 Å². The summed E-state index contributed by atoms with van der Waals surface area (Å²) in [6, 6.07) is 0. The Bertz CT molecular complexity index is 526. The maximum Gasteiger partial charge on any atom is 0.305 e. The highest BCUT2D eigenvalue weighted by atomic mass is 19.3. The highest BCUT2D eigenvalue weighted by molar-refractivity contribution is 5.69. The lowest BCUT2D eigenvalue weighted by Gasteiger charge is -2.29. The highest BCUT2D eigenvalue weighted by Crippen LogP contribution is 2.42. The van der Waals surface area contributed by atoms with Gasteiger partial charge in [-0.3, -0.25) is 9.59 Å². The van der Waals surface area contributed by atoms with Crippen molar-refractivity contribution >= 4 is 11.9 Å². The number of unbranched alkanes of at least 4 members (excludes halogenated alkanes) is 4. The van der Waals surface area contributed by atoms with Gasteiger partial charge in [0.05, 0.1) is 13.7 Å². The SMILES string of the molecule is CCCCC(F)(F)C(CO)CC[C@H]1CCC(OC(C)=O)C1CCCCCCC(=O)OC. The van der Waals surface area contributed by atoms with Gasteiger partial charge in [-0.05, 0) is 56.8 Å². The molecular formula is C24H42F2O5. The Hall–Kier alpha value is -1.24. The average Bonchev–Trinajstić information content (AvgIpc) is 3.09. The Labute approximate surface area is 186 Å². The summed E-state index contributed by atoms with van der Waals surface area (Å²) in [5, 5.41) is 9.57. The number of halogens is 2. The Kier molecular flexibility index (Phi) is 13.2. The second-order valence-corrected chi connectivity index (χ2v) is 9.00. The molecule has 5 nitrogen and oxygen atoms in total. The van der Waals surface area contributed by atoms with E-state index in [9.17, 15) is 23.5 Å². The third-order valence-corrected chi connectivity index (χ3v) is 6.69. The fourth-order valence-corrected chi connectivity index (χ4v) is 4.82. The van der Waals surface area contributed by atoms with Crippen molar-refractivity contribution in [3.05, 3.63) is 0 Å². The monoisotopic (exact) mass is 448 g/mol. The molecule has 0 aromatic carbocycles. The van der Waals surface area contributed by atoms with E-state index in [-0.39, 0.29) is 36.3 Å². The summed E-state index contributed by atoms with van der Waals surface area (Å²) < 4.78 is 39.1. The first-order valence-corrected chi connectivity index (χ1v) is 12.0. The van der Waals surface area contributed by atoms with Gasteiger partial charge in [-0.1, -0.05) is 32.6 Å². The Morgan fingerprint density at radius 1 is 1.10 bits per heavy atom. The van der Waals surface area contributed by atoms with E-state index in [1.54, 1.807) is 0 Å². The van der Waals surface area contributed by atoms with Crippen LogP contribution in [0.1, 0.15) is 97.3 Å². The molecule has 1 rings (SSSR count). The lowest BCUT2D eigenvalue weighted by molar-refractivity contribution is -0.148. The van der Waals surface area contributed by atoms with E-state index in [4.69, 9.17) is 4.74 Å². The molecule has 0 heterocycles. The zero-order valence-electron chi connectivity index (χ0n) is 19.5. The molecule has 182 valence electrons. The van der Waals surface area contributed by atoms with Crippen LogP contribution in [0.25, 0.3) is 0 Å². The molecule has 7 heteroatoms. The number of hydrogen-bond donors (Lipinski definition) is 1. The zero-order chi connectivity index (χ0) is 23.3. The summed E-state index contributed by atoms with van der Waals surface area (Å²) in [4.78, 5) is 22.7. The molecule has 1 fully saturated rings. The van der Waals surface area contributed by atoms with Crippen LogP contribution < -0.4 is 0 Å². The Balaban J connectivity index is 2.57. The van der Waals surface area contributed by atoms with Crippen LogP contribution in [0.3, 0.4) is 0 Å². The van der Waals surface area contributed by atoms with Crippen LogP contribution in [0.4, 0.5) is 8.78 Å². The van der Waals surface area contributed by atoms with E-state index >= 15 is 0 Å². The van der Waals surface area contributed by atoms with Crippen LogP contribution in [0.2, 0.25) is 0 Å². The molecule has 0 bridgehead atoms. The predicted molar refractivity (Wildman–Crippen MR) is 116 cm³/mol. The van der Waals surface area contributed by atoms with Gasteiger partial charge in [0, 0.05) is 25.7 Å². The van der Waals surface area contributed by atoms with Crippen LogP contribution in [0.5, 0.6) is 0 Å². The summed E-state index contributed by atoms with van der Waals surface area (Å²) in [6.07, 6.45) is 8.36. The van der Waals surface area contributed by atoms with Crippen molar-refractivity contribution < 1.29 is 33.0 Å². The summed E-state index contributed by atoms with van der Waals surface area (Å²) in [7, 11) is 1.39. The minimum absolute atomic E-state index is 0.147. The molecule has 3 unspecified atom stereocenters. The minimum Gasteiger partial charge on any atom is -0.469 e. The van der Waals surface area contributed by atoms with E-state index in [1.165, 1.54) is 14.0 Å². The van der Waals surface area contributed by atoms with Crippen molar-refractivity contribution in [1.82, 2.24) is 0 Å². The van der Waals surface area contributed by atoms with Crippen LogP contribution in [-0.4, -0.2) is 42.8 Å². The number of hydrogen-bond acceptors (Lipinski definition) is 5. The van der Waals surface area contributed by atoms with Gasteiger partial charge in [0.15, 0.2) is 0 Å². The van der Waals surface area contributed by atoms with Crippen molar-refractivity contribution in [3.63, 3.8) is 0 Å². The van der Waals surface area contributed by atoms with Crippen molar-refractivity contribution in [2.24, 2.45) is 17.8 Å². The Morgan fingerprint density at radius 3 is 2.42 bits per heavy atom. The number of rotatable bonds is 16. The molecule has 4 atom stereocenters. The number of alkyl halides is 2. The number of ether oxygens (including phenoxy) is 2. The molecule has 31 heavy (non-hydrogen) atoms. The van der Waals surface area contributed by atoms with Gasteiger partial charge in [0.1, 0.15) is 6.10 Å². The molecule has 1 aliphatic rings. The van der Waals surface area contributed by atoms with Crippen molar-refractivity contribution in [3.8, 4) is 0 Å². The molecule has 0 radical (unpaired) electrons. The number of methoxy groups -OCH3 is 1. The first-order valence-electron chi connectivity index (χ1n) is 12.0. The maximum atomic E-state index is 14.4. The van der Waals surface area contributed by atoms with E-state index in [1.807, 2.05) is 6.92 Å². The molecule has 1 saturated carbocycles. The van der Waals surface area contributed by atoms with Crippen molar-refractivity contribution in [2.45, 2.75) is 109 Å². The molecule has 0 spiro atoms. The molecule has 1 aliphatic carbocycles. The van der Waals surface area contributed by atoms with Crippen LogP contribution in [0.15, 0.2) is 0 Å². The normalized spacial score (nSPS) is 22.3. The topological polar surface area (TPSA) is 72.8 Å². The van der Waals surface area contributed by atoms with Gasteiger partial charge in [0.2, 0.25) is 0 Å². The number of carbonyl (C=O) groups is 2. The number of carbonyl (C=O) groups excluding carboxylic acids is 2. The van der Waals surface area contributed by atoms with E-state index in [2.05, 4.69) is 4.74 Å². The number of aliphatic hydroxyl groups excluding tert-OH is 1. The van der Waals surface area contributed by atoms with E-state index in [0.717, 1.165) is 44.9 Å². The van der Waals surface area contributed by atoms with Crippen LogP contribution in [-0.2, 0) is 19.1 Å². The smallest absolute Gasteiger partial charge is 0.305 e. The summed E-state index contributed by atoms with van der Waals surface area (Å²) in [6.45, 7) is 2.80. The van der Waals surface area contributed by atoms with Crippen molar-refractivity contribution in [2.75, 3.05) is 13.7 Å². The molecule has 0 aromatic heterocycles. The molecule has 0 amide bonds. The third kappa shape index (κ3) is 10.3. The van der Waals surface area contributed by atoms with Crippen LogP contribution >= 0.6 is 0 Å². The fourth-order valence-electron chi connectivity index (χ4n) is 4.82. The summed E-state index contributed by atoms with van der Waals surface area (Å²) in [5.74, 6) is -3.93. The first kappa shape index (κ1) is 27.8. The quantitative estimate of drug-likeness (QED) is 0.243. The largest absolute Gasteiger partial charge is 0.469 e. The van der Waals surface area contributed by atoms with E-state index in [0.29, 0.717) is 32.1 Å². The predicted octanol–water partition coefficient (Wildman–Crippen LogP) is 5.67. The molecule has 0 aromatic rings. The maximum absolute atomic E-state index is 14.4. The second-order valence-electron chi connectivity index (χ2n) is 9.00. The van der Waals surface area contributed by atoms with Gasteiger partial charge < -0.3 is 14.6 Å². The van der Waals surface area contributed by atoms with Gasteiger partial charge in [-0.15, -0.1) is 0 Å². The lowest BCUT2D eigenvalue weighted by Crippen LogP contribution is -2.32. The minimum atomic E-state index is -2.84. The number of aliphatic hydroxyl groups is 1. The molecule has 1 N–H and O–H groups in total. The third-order valence-electron chi connectivity index (χ3n) is 6.69. The summed E-state index contributed by atoms with van der Waals surface area (Å²) in [5.41, 5.74) is 0. The van der Waals surface area contributed by atoms with Gasteiger partial charge in [-0.2, -0.15) is 0 Å². The highest BCUT2D eigenvalue weighted by Gasteiger charge is 2.41. The summed E-state index contributed by atoms with van der Waals surface area (Å²) >= 11 is 0. The van der Waals surface area contributed by atoms with E-state index < -0.39 is 18.4 Å². The zero-order valence-corrected chi connectivity index (χ0v) is 19.5. The molecule has 0 saturated heterocycles. The molecular weight excluding hydrogens is 406 g/mol. The van der Waals surface area contributed by atoms with Crippen molar-refractivity contribution in [1.29, 1.82) is 0 Å². The first-order chi connectivity index (χ1) is 14.7.